The van der Waals surface area contributed by atoms with Crippen molar-refractivity contribution in [1.82, 2.24) is 0 Å². The van der Waals surface area contributed by atoms with E-state index in [-0.39, 0.29) is 5.92 Å². The van der Waals surface area contributed by atoms with Crippen molar-refractivity contribution in [2.45, 2.75) is 11.5 Å². The summed E-state index contributed by atoms with van der Waals surface area (Å²) in [5.74, 6) is -0.0887. The van der Waals surface area contributed by atoms with E-state index < -0.39 is 5.06 Å². The standard InChI is InChI=1S/C5H6ClNO/c1-8-5(6)2-4(5)3-7/h4H,2H2,1H3. The van der Waals surface area contributed by atoms with Crippen LogP contribution >= 0.6 is 11.6 Å². The van der Waals surface area contributed by atoms with E-state index in [9.17, 15) is 0 Å². The van der Waals surface area contributed by atoms with E-state index in [0.717, 1.165) is 0 Å². The maximum absolute atomic E-state index is 8.26. The molecule has 0 heterocycles. The van der Waals surface area contributed by atoms with Crippen molar-refractivity contribution in [2.24, 2.45) is 5.92 Å². The number of methoxy groups -OCH3 is 1. The highest BCUT2D eigenvalue weighted by molar-refractivity contribution is 6.25. The Hall–Kier alpha value is -0.260. The van der Waals surface area contributed by atoms with Crippen LogP contribution in [0.2, 0.25) is 0 Å². The van der Waals surface area contributed by atoms with Gasteiger partial charge in [-0.2, -0.15) is 5.26 Å². The number of ether oxygens (including phenoxy) is 1. The minimum Gasteiger partial charge on any atom is -0.362 e. The van der Waals surface area contributed by atoms with E-state index in [4.69, 9.17) is 21.6 Å². The quantitative estimate of drug-likeness (QED) is 0.500. The van der Waals surface area contributed by atoms with Crippen LogP contribution in [0.15, 0.2) is 0 Å². The number of hydrogen-bond acceptors (Lipinski definition) is 2. The van der Waals surface area contributed by atoms with Crippen molar-refractivity contribution in [3.63, 3.8) is 0 Å². The highest BCUT2D eigenvalue weighted by Crippen LogP contribution is 2.49. The van der Waals surface area contributed by atoms with Crippen molar-refractivity contribution >= 4 is 11.6 Å². The zero-order chi connectivity index (χ0) is 6.20. The van der Waals surface area contributed by atoms with Crippen molar-refractivity contribution in [1.29, 1.82) is 5.26 Å². The Morgan fingerprint density at radius 1 is 2.00 bits per heavy atom. The molecule has 2 nitrogen and oxygen atoms in total. The summed E-state index contributed by atoms with van der Waals surface area (Å²) < 4.78 is 4.80. The lowest BCUT2D eigenvalue weighted by atomic mass is 10.5. The Balaban J connectivity index is 2.46. The molecule has 1 aliphatic rings. The summed E-state index contributed by atoms with van der Waals surface area (Å²) in [5, 5.41) is 7.63. The molecule has 8 heavy (non-hydrogen) atoms. The molecular formula is C5H6ClNO. The Labute approximate surface area is 53.0 Å². The molecule has 0 spiro atoms. The summed E-state index contributed by atoms with van der Waals surface area (Å²) in [6, 6.07) is 2.02. The minimum absolute atomic E-state index is 0.0887. The first-order chi connectivity index (χ1) is 3.73. The maximum atomic E-state index is 8.26. The monoisotopic (exact) mass is 131 g/mol. The van der Waals surface area contributed by atoms with Gasteiger partial charge in [0.25, 0.3) is 0 Å². The third kappa shape index (κ3) is 0.683. The molecule has 0 N–H and O–H groups in total. The van der Waals surface area contributed by atoms with Crippen LogP contribution in [-0.2, 0) is 4.74 Å². The lowest BCUT2D eigenvalue weighted by molar-refractivity contribution is 0.142. The van der Waals surface area contributed by atoms with Gasteiger partial charge >= 0.3 is 0 Å². The van der Waals surface area contributed by atoms with E-state index in [1.54, 1.807) is 0 Å². The molecule has 0 bridgehead atoms. The number of rotatable bonds is 1. The molecule has 0 radical (unpaired) electrons. The molecule has 0 aromatic rings. The summed E-state index contributed by atoms with van der Waals surface area (Å²) in [6.45, 7) is 0. The predicted molar refractivity (Wildman–Crippen MR) is 29.3 cm³/mol. The van der Waals surface area contributed by atoms with Gasteiger partial charge in [0.2, 0.25) is 0 Å². The van der Waals surface area contributed by atoms with E-state index >= 15 is 0 Å². The molecule has 1 saturated carbocycles. The fourth-order valence-electron chi connectivity index (χ4n) is 0.587. The number of hydrogen-bond donors (Lipinski definition) is 0. The molecule has 1 fully saturated rings. The second-order valence-corrected chi connectivity index (χ2v) is 2.52. The predicted octanol–water partition coefficient (Wildman–Crippen LogP) is 1.11. The van der Waals surface area contributed by atoms with Gasteiger partial charge in [0.15, 0.2) is 5.06 Å². The van der Waals surface area contributed by atoms with Gasteiger partial charge in [0.05, 0.1) is 12.0 Å². The van der Waals surface area contributed by atoms with Gasteiger partial charge in [0.1, 0.15) is 0 Å². The van der Waals surface area contributed by atoms with Crippen molar-refractivity contribution in [2.75, 3.05) is 7.11 Å². The Morgan fingerprint density at radius 2 is 2.62 bits per heavy atom. The van der Waals surface area contributed by atoms with Gasteiger partial charge in [-0.15, -0.1) is 0 Å². The normalized spacial score (nSPS) is 43.4. The molecule has 3 heteroatoms. The van der Waals surface area contributed by atoms with Crippen molar-refractivity contribution < 1.29 is 4.74 Å². The van der Waals surface area contributed by atoms with Crippen LogP contribution in [0, 0.1) is 17.2 Å². The smallest absolute Gasteiger partial charge is 0.158 e. The van der Waals surface area contributed by atoms with E-state index in [0.29, 0.717) is 6.42 Å². The summed E-state index contributed by atoms with van der Waals surface area (Å²) in [6.07, 6.45) is 0.668. The lowest BCUT2D eigenvalue weighted by Gasteiger charge is -1.99. The topological polar surface area (TPSA) is 33.0 Å². The van der Waals surface area contributed by atoms with Gasteiger partial charge in [-0.1, -0.05) is 11.6 Å². The van der Waals surface area contributed by atoms with Crippen LogP contribution in [-0.4, -0.2) is 12.2 Å². The lowest BCUT2D eigenvalue weighted by Crippen LogP contribution is -2.03. The molecular weight excluding hydrogens is 126 g/mol. The molecule has 0 aliphatic heterocycles. The second kappa shape index (κ2) is 1.61. The number of alkyl halides is 1. The fourth-order valence-corrected chi connectivity index (χ4v) is 0.790. The van der Waals surface area contributed by atoms with Crippen LogP contribution in [0.5, 0.6) is 0 Å². The molecule has 0 amide bonds. The first-order valence-electron chi connectivity index (χ1n) is 2.36. The fraction of sp³-hybridized carbons (Fsp3) is 0.800. The average Bonchev–Trinajstić information content (AvgIpc) is 2.44. The van der Waals surface area contributed by atoms with Gasteiger partial charge < -0.3 is 4.74 Å². The first kappa shape index (κ1) is 5.87. The zero-order valence-electron chi connectivity index (χ0n) is 4.52. The largest absolute Gasteiger partial charge is 0.362 e. The third-order valence-corrected chi connectivity index (χ3v) is 1.91. The molecule has 1 aliphatic carbocycles. The third-order valence-electron chi connectivity index (χ3n) is 1.34. The van der Waals surface area contributed by atoms with Gasteiger partial charge in [0, 0.05) is 13.5 Å². The number of nitrogens with zero attached hydrogens (tertiary/aromatic N) is 1. The van der Waals surface area contributed by atoms with Gasteiger partial charge in [-0.05, 0) is 0 Å². The summed E-state index contributed by atoms with van der Waals surface area (Å²) in [4.78, 5) is 0. The molecule has 0 aromatic carbocycles. The Morgan fingerprint density at radius 3 is 2.75 bits per heavy atom. The Kier molecular flexibility index (Phi) is 1.18. The van der Waals surface area contributed by atoms with Crippen LogP contribution in [0.3, 0.4) is 0 Å². The van der Waals surface area contributed by atoms with Crippen molar-refractivity contribution in [3.8, 4) is 6.07 Å². The van der Waals surface area contributed by atoms with Crippen LogP contribution in [0.25, 0.3) is 0 Å². The van der Waals surface area contributed by atoms with E-state index in [1.165, 1.54) is 7.11 Å². The Bertz CT molecular complexity index is 142. The molecule has 1 rings (SSSR count). The van der Waals surface area contributed by atoms with E-state index in [2.05, 4.69) is 0 Å². The summed E-state index contributed by atoms with van der Waals surface area (Å²) >= 11 is 5.65. The number of halogens is 1. The molecule has 44 valence electrons. The summed E-state index contributed by atoms with van der Waals surface area (Å²) in [7, 11) is 1.52. The average molecular weight is 132 g/mol. The summed E-state index contributed by atoms with van der Waals surface area (Å²) in [5.41, 5.74) is 0. The van der Waals surface area contributed by atoms with Gasteiger partial charge in [-0.25, -0.2) is 0 Å². The number of nitriles is 1. The zero-order valence-corrected chi connectivity index (χ0v) is 5.27. The van der Waals surface area contributed by atoms with E-state index in [1.807, 2.05) is 6.07 Å². The molecule has 2 unspecified atom stereocenters. The van der Waals surface area contributed by atoms with Crippen LogP contribution in [0.4, 0.5) is 0 Å². The van der Waals surface area contributed by atoms with Crippen LogP contribution < -0.4 is 0 Å². The highest BCUT2D eigenvalue weighted by Gasteiger charge is 2.54. The maximum Gasteiger partial charge on any atom is 0.158 e. The minimum atomic E-state index is -0.630. The van der Waals surface area contributed by atoms with Gasteiger partial charge in [-0.3, -0.25) is 0 Å². The molecule has 2 atom stereocenters. The first-order valence-corrected chi connectivity index (χ1v) is 2.74. The van der Waals surface area contributed by atoms with Crippen LogP contribution in [0.1, 0.15) is 6.42 Å². The SMILES string of the molecule is COC1(Cl)CC1C#N. The van der Waals surface area contributed by atoms with Crippen molar-refractivity contribution in [3.05, 3.63) is 0 Å². The molecule has 0 aromatic heterocycles. The second-order valence-electron chi connectivity index (χ2n) is 1.88. The highest BCUT2D eigenvalue weighted by atomic mass is 35.5. The molecule has 0 saturated heterocycles.